The highest BCUT2D eigenvalue weighted by molar-refractivity contribution is 5.83. The van der Waals surface area contributed by atoms with Crippen LogP contribution >= 0.6 is 0 Å². The third-order valence-electron chi connectivity index (χ3n) is 5.22. The van der Waals surface area contributed by atoms with E-state index in [9.17, 15) is 4.79 Å². The molecule has 1 saturated carbocycles. The lowest BCUT2D eigenvalue weighted by atomic mass is 10.1. The number of amides is 1. The van der Waals surface area contributed by atoms with Crippen LogP contribution in [0.2, 0.25) is 0 Å². The molecule has 2 fully saturated rings. The van der Waals surface area contributed by atoms with E-state index in [1.54, 1.807) is 0 Å². The highest BCUT2D eigenvalue weighted by Crippen LogP contribution is 2.50. The molecule has 23 heavy (non-hydrogen) atoms. The van der Waals surface area contributed by atoms with Gasteiger partial charge in [0.2, 0.25) is 5.91 Å². The number of aryl methyl sites for hydroxylation is 2. The van der Waals surface area contributed by atoms with E-state index < -0.39 is 0 Å². The molecule has 120 valence electrons. The zero-order chi connectivity index (χ0) is 16.0. The first-order chi connectivity index (χ1) is 11.1. The monoisotopic (exact) mass is 309 g/mol. The van der Waals surface area contributed by atoms with Crippen molar-refractivity contribution in [3.8, 4) is 0 Å². The van der Waals surface area contributed by atoms with Crippen LogP contribution in [-0.4, -0.2) is 27.1 Å². The fourth-order valence-electron chi connectivity index (χ4n) is 3.94. The van der Waals surface area contributed by atoms with Crippen LogP contribution in [-0.2, 0) is 11.8 Å². The number of nitrogens with zero attached hydrogens (tertiary/aromatic N) is 3. The number of likely N-dealkylation sites (tertiary alicyclic amines) is 1. The summed E-state index contributed by atoms with van der Waals surface area (Å²) in [5.41, 5.74) is 3.77. The van der Waals surface area contributed by atoms with Gasteiger partial charge in [0.15, 0.2) is 0 Å². The molecule has 4 nitrogen and oxygen atoms in total. The summed E-state index contributed by atoms with van der Waals surface area (Å²) >= 11 is 0. The van der Waals surface area contributed by atoms with Crippen LogP contribution in [0, 0.1) is 12.8 Å². The number of hydrogen-bond donors (Lipinski definition) is 0. The molecule has 0 unspecified atom stereocenters. The van der Waals surface area contributed by atoms with Gasteiger partial charge < -0.3 is 4.90 Å². The van der Waals surface area contributed by atoms with E-state index in [-0.39, 0.29) is 12.0 Å². The SMILES string of the molecule is Cc1cccc([C@@H]2C[C@H]2C(=O)N2CCC[C@H]2c2cnn(C)c2)c1. The Morgan fingerprint density at radius 2 is 2.17 bits per heavy atom. The fraction of sp³-hybridized carbons (Fsp3) is 0.474. The molecule has 1 saturated heterocycles. The van der Waals surface area contributed by atoms with Crippen molar-refractivity contribution in [1.82, 2.24) is 14.7 Å². The summed E-state index contributed by atoms with van der Waals surface area (Å²) in [4.78, 5) is 15.1. The predicted octanol–water partition coefficient (Wildman–Crippen LogP) is 3.20. The lowest BCUT2D eigenvalue weighted by molar-refractivity contribution is -0.133. The van der Waals surface area contributed by atoms with Crippen LogP contribution < -0.4 is 0 Å². The van der Waals surface area contributed by atoms with Crippen molar-refractivity contribution in [2.24, 2.45) is 13.0 Å². The summed E-state index contributed by atoms with van der Waals surface area (Å²) in [6.45, 7) is 3.00. The Morgan fingerprint density at radius 1 is 1.30 bits per heavy atom. The molecule has 0 spiro atoms. The molecular formula is C19H23N3O. The molecule has 4 rings (SSSR count). The zero-order valence-electron chi connectivity index (χ0n) is 13.8. The Kier molecular flexibility index (Phi) is 3.47. The minimum atomic E-state index is 0.175. The van der Waals surface area contributed by atoms with Gasteiger partial charge in [-0.25, -0.2) is 0 Å². The Hall–Kier alpha value is -2.10. The van der Waals surface area contributed by atoms with Gasteiger partial charge >= 0.3 is 0 Å². The van der Waals surface area contributed by atoms with Crippen LogP contribution in [0.25, 0.3) is 0 Å². The van der Waals surface area contributed by atoms with Gasteiger partial charge in [-0.2, -0.15) is 5.10 Å². The predicted molar refractivity (Wildman–Crippen MR) is 88.9 cm³/mol. The second-order valence-corrected chi connectivity index (χ2v) is 7.00. The lowest BCUT2D eigenvalue weighted by Crippen LogP contribution is -2.32. The maximum atomic E-state index is 13.0. The van der Waals surface area contributed by atoms with Gasteiger partial charge in [-0.15, -0.1) is 0 Å². The van der Waals surface area contributed by atoms with Crippen LogP contribution in [0.1, 0.15) is 47.9 Å². The van der Waals surface area contributed by atoms with Crippen molar-refractivity contribution in [2.45, 2.75) is 38.1 Å². The number of carbonyl (C=O) groups excluding carboxylic acids is 1. The molecule has 1 aliphatic heterocycles. The number of aromatic nitrogens is 2. The molecule has 0 radical (unpaired) electrons. The number of benzene rings is 1. The molecule has 2 heterocycles. The molecule has 3 atom stereocenters. The van der Waals surface area contributed by atoms with E-state index >= 15 is 0 Å². The van der Waals surface area contributed by atoms with Crippen molar-refractivity contribution >= 4 is 5.91 Å². The third-order valence-corrected chi connectivity index (χ3v) is 5.22. The molecule has 0 bridgehead atoms. The maximum absolute atomic E-state index is 13.0. The Labute approximate surface area is 137 Å². The van der Waals surface area contributed by atoms with E-state index in [0.29, 0.717) is 11.8 Å². The van der Waals surface area contributed by atoms with Crippen LogP contribution in [0.4, 0.5) is 0 Å². The molecule has 2 aliphatic rings. The van der Waals surface area contributed by atoms with Gasteiger partial charge in [0.05, 0.1) is 12.2 Å². The molecule has 1 amide bonds. The standard InChI is InChI=1S/C19H23N3O/c1-13-5-3-6-14(9-13)16-10-17(16)19(23)22-8-4-7-18(22)15-11-20-21(2)12-15/h3,5-6,9,11-12,16-18H,4,7-8,10H2,1-2H3/t16-,17+,18-/m0/s1. The van der Waals surface area contributed by atoms with E-state index in [4.69, 9.17) is 0 Å². The molecule has 4 heteroatoms. The summed E-state index contributed by atoms with van der Waals surface area (Å²) in [6.07, 6.45) is 7.09. The third kappa shape index (κ3) is 2.67. The first-order valence-electron chi connectivity index (χ1n) is 8.49. The van der Waals surface area contributed by atoms with Crippen LogP contribution in [0.5, 0.6) is 0 Å². The van der Waals surface area contributed by atoms with Crippen LogP contribution in [0.3, 0.4) is 0 Å². The highest BCUT2D eigenvalue weighted by atomic mass is 16.2. The maximum Gasteiger partial charge on any atom is 0.226 e. The Balaban J connectivity index is 1.49. The lowest BCUT2D eigenvalue weighted by Gasteiger charge is -2.24. The van der Waals surface area contributed by atoms with Gasteiger partial charge in [0, 0.05) is 31.3 Å². The van der Waals surface area contributed by atoms with Crippen molar-refractivity contribution in [2.75, 3.05) is 6.54 Å². The zero-order valence-corrected chi connectivity index (χ0v) is 13.8. The normalized spacial score (nSPS) is 26.5. The fourth-order valence-corrected chi connectivity index (χ4v) is 3.94. The van der Waals surface area contributed by atoms with E-state index in [2.05, 4.69) is 41.2 Å². The largest absolute Gasteiger partial charge is 0.335 e. The number of carbonyl (C=O) groups is 1. The molecule has 1 aliphatic carbocycles. The van der Waals surface area contributed by atoms with Crippen molar-refractivity contribution in [1.29, 1.82) is 0 Å². The van der Waals surface area contributed by atoms with Gasteiger partial charge in [-0.1, -0.05) is 29.8 Å². The Morgan fingerprint density at radius 3 is 2.91 bits per heavy atom. The van der Waals surface area contributed by atoms with Crippen molar-refractivity contribution in [3.05, 3.63) is 53.3 Å². The first kappa shape index (κ1) is 14.5. The highest BCUT2D eigenvalue weighted by Gasteiger charge is 2.47. The number of rotatable bonds is 3. The first-order valence-corrected chi connectivity index (χ1v) is 8.49. The van der Waals surface area contributed by atoms with Gasteiger partial charge in [-0.3, -0.25) is 9.48 Å². The second kappa shape index (κ2) is 5.52. The summed E-state index contributed by atoms with van der Waals surface area (Å²) < 4.78 is 1.82. The molecular weight excluding hydrogens is 286 g/mol. The van der Waals surface area contributed by atoms with E-state index in [1.807, 2.05) is 24.1 Å². The second-order valence-electron chi connectivity index (χ2n) is 7.00. The van der Waals surface area contributed by atoms with E-state index in [1.165, 1.54) is 16.7 Å². The molecule has 1 aromatic carbocycles. The van der Waals surface area contributed by atoms with E-state index in [0.717, 1.165) is 25.8 Å². The van der Waals surface area contributed by atoms with Gasteiger partial charge in [0.25, 0.3) is 0 Å². The average Bonchev–Trinajstić information content (AvgIpc) is 2.97. The molecule has 2 aromatic rings. The smallest absolute Gasteiger partial charge is 0.226 e. The number of hydrogen-bond acceptors (Lipinski definition) is 2. The summed E-state index contributed by atoms with van der Waals surface area (Å²) in [7, 11) is 1.93. The minimum Gasteiger partial charge on any atom is -0.335 e. The topological polar surface area (TPSA) is 38.1 Å². The van der Waals surface area contributed by atoms with Gasteiger partial charge in [0.1, 0.15) is 0 Å². The van der Waals surface area contributed by atoms with Crippen LogP contribution in [0.15, 0.2) is 36.7 Å². The van der Waals surface area contributed by atoms with Crippen molar-refractivity contribution < 1.29 is 4.79 Å². The molecule has 1 aromatic heterocycles. The average molecular weight is 309 g/mol. The minimum absolute atomic E-state index is 0.175. The quantitative estimate of drug-likeness (QED) is 0.873. The van der Waals surface area contributed by atoms with Gasteiger partial charge in [-0.05, 0) is 37.7 Å². The summed E-state index contributed by atoms with van der Waals surface area (Å²) in [6, 6.07) is 8.81. The van der Waals surface area contributed by atoms with Crippen molar-refractivity contribution in [3.63, 3.8) is 0 Å². The summed E-state index contributed by atoms with van der Waals surface area (Å²) in [5, 5.41) is 4.27. The summed E-state index contributed by atoms with van der Waals surface area (Å²) in [5.74, 6) is 0.925. The Bertz CT molecular complexity index is 736. The molecule has 0 N–H and O–H groups in total.